The van der Waals surface area contributed by atoms with E-state index in [0.29, 0.717) is 13.2 Å². The maximum atomic E-state index is 11.6. The first-order valence-corrected chi connectivity index (χ1v) is 11.2. The molecule has 2 aromatic rings. The Kier molecular flexibility index (Phi) is 10.6. The summed E-state index contributed by atoms with van der Waals surface area (Å²) in [4.78, 5) is 13.9. The van der Waals surface area contributed by atoms with Crippen molar-refractivity contribution < 1.29 is 14.3 Å². The van der Waals surface area contributed by atoms with E-state index in [1.807, 2.05) is 50.2 Å². The maximum Gasteiger partial charge on any atom is 0.308 e. The highest BCUT2D eigenvalue weighted by atomic mass is 16.5. The number of nitrogens with zero attached hydrogens (tertiary/aromatic N) is 3. The molecule has 6 heteroatoms. The lowest BCUT2D eigenvalue weighted by Crippen LogP contribution is -2.21. The summed E-state index contributed by atoms with van der Waals surface area (Å²) in [5.41, 5.74) is 2.79. The first-order valence-electron chi connectivity index (χ1n) is 11.2. The van der Waals surface area contributed by atoms with Crippen LogP contribution in [0.2, 0.25) is 0 Å². The number of hydrogen-bond acceptors (Lipinski definition) is 6. The number of rotatable bonds is 13. The fourth-order valence-corrected chi connectivity index (χ4v) is 2.92. The smallest absolute Gasteiger partial charge is 0.308 e. The van der Waals surface area contributed by atoms with Gasteiger partial charge in [-0.1, -0.05) is 13.8 Å². The monoisotopic (exact) mass is 425 g/mol. The summed E-state index contributed by atoms with van der Waals surface area (Å²) in [5.74, 6) is 0.644. The molecule has 0 aromatic heterocycles. The van der Waals surface area contributed by atoms with E-state index in [1.165, 1.54) is 5.69 Å². The molecule has 0 saturated carbocycles. The summed E-state index contributed by atoms with van der Waals surface area (Å²) in [6.45, 7) is 11.2. The average molecular weight is 426 g/mol. The molecule has 0 heterocycles. The number of unbranched alkanes of at least 4 members (excludes halogenated alkanes) is 1. The fourth-order valence-electron chi connectivity index (χ4n) is 2.92. The average Bonchev–Trinajstić information content (AvgIpc) is 2.81. The Labute approximate surface area is 186 Å². The number of ether oxygens (including phenoxy) is 2. The van der Waals surface area contributed by atoms with Gasteiger partial charge in [0.05, 0.1) is 30.5 Å². The molecule has 2 rings (SSSR count). The molecular weight excluding hydrogens is 390 g/mol. The Bertz CT molecular complexity index is 800. The first-order chi connectivity index (χ1) is 15.1. The molecule has 0 aliphatic rings. The van der Waals surface area contributed by atoms with Crippen molar-refractivity contribution in [3.05, 3.63) is 48.5 Å². The Morgan fingerprint density at radius 2 is 1.42 bits per heavy atom. The Morgan fingerprint density at radius 3 is 1.97 bits per heavy atom. The van der Waals surface area contributed by atoms with Gasteiger partial charge >= 0.3 is 5.97 Å². The summed E-state index contributed by atoms with van der Waals surface area (Å²) >= 11 is 0. The van der Waals surface area contributed by atoms with Crippen LogP contribution >= 0.6 is 0 Å². The van der Waals surface area contributed by atoms with Gasteiger partial charge in [-0.2, -0.15) is 10.2 Å². The van der Waals surface area contributed by atoms with Crippen molar-refractivity contribution in [2.45, 2.75) is 47.0 Å². The van der Waals surface area contributed by atoms with Crippen molar-refractivity contribution in [2.75, 3.05) is 31.2 Å². The van der Waals surface area contributed by atoms with Crippen LogP contribution in [0.3, 0.4) is 0 Å². The van der Waals surface area contributed by atoms with Crippen molar-refractivity contribution >= 4 is 23.0 Å². The van der Waals surface area contributed by atoms with Crippen LogP contribution < -0.4 is 9.64 Å². The number of azo groups is 1. The summed E-state index contributed by atoms with van der Waals surface area (Å²) in [6.07, 6.45) is 2.43. The number of esters is 1. The third kappa shape index (κ3) is 8.40. The first kappa shape index (κ1) is 24.4. The molecule has 0 aliphatic heterocycles. The number of anilines is 1. The minimum absolute atomic E-state index is 0.0289. The van der Waals surface area contributed by atoms with E-state index in [4.69, 9.17) is 9.47 Å². The van der Waals surface area contributed by atoms with Gasteiger partial charge in [0.15, 0.2) is 0 Å². The number of carbonyl (C=O) groups excluding carboxylic acids is 1. The normalized spacial score (nSPS) is 12.0. The van der Waals surface area contributed by atoms with Crippen molar-refractivity contribution in [3.63, 3.8) is 0 Å². The molecule has 1 unspecified atom stereocenters. The zero-order valence-electron chi connectivity index (χ0n) is 19.2. The fraction of sp³-hybridized carbons (Fsp3) is 0.480. The zero-order chi connectivity index (χ0) is 22.5. The molecule has 168 valence electrons. The van der Waals surface area contributed by atoms with Crippen LogP contribution in [-0.4, -0.2) is 32.3 Å². The molecule has 31 heavy (non-hydrogen) atoms. The number of hydrogen-bond donors (Lipinski definition) is 0. The molecule has 0 N–H and O–H groups in total. The third-order valence-corrected chi connectivity index (χ3v) is 5.16. The topological polar surface area (TPSA) is 63.5 Å². The van der Waals surface area contributed by atoms with Crippen LogP contribution in [0.15, 0.2) is 58.8 Å². The molecule has 0 bridgehead atoms. The molecule has 0 amide bonds. The molecule has 0 spiro atoms. The van der Waals surface area contributed by atoms with Gasteiger partial charge in [-0.05, 0) is 81.6 Å². The molecule has 0 fully saturated rings. The van der Waals surface area contributed by atoms with Gasteiger partial charge in [0.25, 0.3) is 0 Å². The van der Waals surface area contributed by atoms with Crippen LogP contribution in [0, 0.1) is 5.92 Å². The summed E-state index contributed by atoms with van der Waals surface area (Å²) in [7, 11) is 0. The lowest BCUT2D eigenvalue weighted by Gasteiger charge is -2.20. The van der Waals surface area contributed by atoms with E-state index < -0.39 is 0 Å². The van der Waals surface area contributed by atoms with Gasteiger partial charge in [0, 0.05) is 18.8 Å². The van der Waals surface area contributed by atoms with Crippen molar-refractivity contribution in [3.8, 4) is 5.75 Å². The minimum Gasteiger partial charge on any atom is -0.494 e. The summed E-state index contributed by atoms with van der Waals surface area (Å²) in [5, 5.41) is 8.61. The Morgan fingerprint density at radius 1 is 0.871 bits per heavy atom. The van der Waals surface area contributed by atoms with Gasteiger partial charge in [0.1, 0.15) is 5.75 Å². The second-order valence-corrected chi connectivity index (χ2v) is 7.41. The quantitative estimate of drug-likeness (QED) is 0.204. The highest BCUT2D eigenvalue weighted by Crippen LogP contribution is 2.23. The van der Waals surface area contributed by atoms with Crippen LogP contribution in [0.1, 0.15) is 47.0 Å². The van der Waals surface area contributed by atoms with Crippen LogP contribution in [0.4, 0.5) is 17.1 Å². The highest BCUT2D eigenvalue weighted by molar-refractivity contribution is 5.71. The summed E-state index contributed by atoms with van der Waals surface area (Å²) in [6, 6.07) is 15.7. The summed E-state index contributed by atoms with van der Waals surface area (Å²) < 4.78 is 11.0. The highest BCUT2D eigenvalue weighted by Gasteiger charge is 2.11. The second kappa shape index (κ2) is 13.4. The van der Waals surface area contributed by atoms with E-state index in [0.717, 1.165) is 49.5 Å². The second-order valence-electron chi connectivity index (χ2n) is 7.41. The van der Waals surface area contributed by atoms with Gasteiger partial charge in [-0.25, -0.2) is 0 Å². The van der Waals surface area contributed by atoms with E-state index in [-0.39, 0.29) is 11.9 Å². The molecular formula is C25H35N3O3. The molecule has 1 atom stereocenters. The van der Waals surface area contributed by atoms with Crippen molar-refractivity contribution in [2.24, 2.45) is 16.1 Å². The molecule has 6 nitrogen and oxygen atoms in total. The predicted octanol–water partition coefficient (Wildman–Crippen LogP) is 6.70. The molecule has 2 aromatic carbocycles. The molecule has 0 radical (unpaired) electrons. The standard InChI is InChI=1S/C25H35N3O3/c1-5-20(4)25(29)31-19-9-8-18-30-24-16-12-22(13-17-24)27-26-21-10-14-23(15-11-21)28(6-2)7-3/h10-17,20H,5-9,18-19H2,1-4H3. The number of carbonyl (C=O) groups is 1. The minimum atomic E-state index is -0.118. The Balaban J connectivity index is 1.72. The van der Waals surface area contributed by atoms with Crippen molar-refractivity contribution in [1.82, 2.24) is 0 Å². The van der Waals surface area contributed by atoms with Crippen LogP contribution in [-0.2, 0) is 9.53 Å². The predicted molar refractivity (Wildman–Crippen MR) is 126 cm³/mol. The van der Waals surface area contributed by atoms with E-state index >= 15 is 0 Å². The van der Waals surface area contributed by atoms with Crippen molar-refractivity contribution in [1.29, 1.82) is 0 Å². The van der Waals surface area contributed by atoms with Gasteiger partial charge < -0.3 is 14.4 Å². The largest absolute Gasteiger partial charge is 0.494 e. The zero-order valence-corrected chi connectivity index (χ0v) is 19.2. The van der Waals surface area contributed by atoms with Gasteiger partial charge in [-0.3, -0.25) is 4.79 Å². The van der Waals surface area contributed by atoms with E-state index in [1.54, 1.807) is 0 Å². The van der Waals surface area contributed by atoms with Crippen LogP contribution in [0.25, 0.3) is 0 Å². The van der Waals surface area contributed by atoms with Crippen LogP contribution in [0.5, 0.6) is 5.75 Å². The van der Waals surface area contributed by atoms with E-state index in [2.05, 4.69) is 41.1 Å². The SMILES string of the molecule is CCC(C)C(=O)OCCCCOc1ccc(N=Nc2ccc(N(CC)CC)cc2)cc1. The maximum absolute atomic E-state index is 11.6. The lowest BCUT2D eigenvalue weighted by molar-refractivity contribution is -0.148. The van der Waals surface area contributed by atoms with E-state index in [9.17, 15) is 4.79 Å². The molecule has 0 saturated heterocycles. The molecule has 0 aliphatic carbocycles. The third-order valence-electron chi connectivity index (χ3n) is 5.16. The van der Waals surface area contributed by atoms with Gasteiger partial charge in [-0.15, -0.1) is 0 Å². The number of benzene rings is 2. The lowest BCUT2D eigenvalue weighted by atomic mass is 10.1. The van der Waals surface area contributed by atoms with Gasteiger partial charge in [0.2, 0.25) is 0 Å². The Hall–Kier alpha value is -2.89.